The van der Waals surface area contributed by atoms with Crippen LogP contribution in [0.25, 0.3) is 16.5 Å². The SMILES string of the molecule is Cc1ccccc1CCNc1nc(Nc2ccc3c(C4=CCNCC4)c[nH]c3c2)ncc1Br. The first-order valence-corrected chi connectivity index (χ1v) is 12.1. The molecule has 1 aliphatic heterocycles. The average molecular weight is 503 g/mol. The molecular formula is C26H27BrN6. The minimum atomic E-state index is 0.559. The molecule has 2 aromatic heterocycles. The van der Waals surface area contributed by atoms with E-state index in [1.54, 1.807) is 6.20 Å². The van der Waals surface area contributed by atoms with Crippen molar-refractivity contribution in [2.75, 3.05) is 30.3 Å². The van der Waals surface area contributed by atoms with Crippen molar-refractivity contribution in [2.24, 2.45) is 0 Å². The fourth-order valence-electron chi connectivity index (χ4n) is 4.22. The van der Waals surface area contributed by atoms with Crippen LogP contribution in [0.1, 0.15) is 23.1 Å². The van der Waals surface area contributed by atoms with Gasteiger partial charge < -0.3 is 20.9 Å². The van der Waals surface area contributed by atoms with Gasteiger partial charge in [0.25, 0.3) is 0 Å². The second-order valence-corrected chi connectivity index (χ2v) is 9.12. The molecule has 0 amide bonds. The van der Waals surface area contributed by atoms with E-state index in [2.05, 4.69) is 108 Å². The van der Waals surface area contributed by atoms with Gasteiger partial charge >= 0.3 is 0 Å². The number of H-pyrrole nitrogens is 1. The summed E-state index contributed by atoms with van der Waals surface area (Å²) < 4.78 is 0.845. The molecule has 0 fully saturated rings. The first-order valence-electron chi connectivity index (χ1n) is 11.3. The maximum absolute atomic E-state index is 4.67. The lowest BCUT2D eigenvalue weighted by atomic mass is 9.99. The number of fused-ring (bicyclic) bond motifs is 1. The van der Waals surface area contributed by atoms with Crippen LogP contribution in [0, 0.1) is 6.92 Å². The molecule has 2 aromatic carbocycles. The van der Waals surface area contributed by atoms with E-state index in [1.165, 1.54) is 27.6 Å². The Kier molecular flexibility index (Phi) is 6.41. The zero-order valence-corrected chi connectivity index (χ0v) is 20.2. The van der Waals surface area contributed by atoms with Gasteiger partial charge in [-0.15, -0.1) is 0 Å². The van der Waals surface area contributed by atoms with Crippen LogP contribution in [0.2, 0.25) is 0 Å². The third-order valence-electron chi connectivity index (χ3n) is 6.04. The maximum atomic E-state index is 4.67. The zero-order chi connectivity index (χ0) is 22.6. The second kappa shape index (κ2) is 9.77. The highest BCUT2D eigenvalue weighted by atomic mass is 79.9. The molecular weight excluding hydrogens is 476 g/mol. The van der Waals surface area contributed by atoms with Crippen LogP contribution in [0.15, 0.2) is 65.4 Å². The van der Waals surface area contributed by atoms with E-state index in [9.17, 15) is 0 Å². The van der Waals surface area contributed by atoms with E-state index in [4.69, 9.17) is 0 Å². The topological polar surface area (TPSA) is 77.7 Å². The lowest BCUT2D eigenvalue weighted by Crippen LogP contribution is -2.19. The summed E-state index contributed by atoms with van der Waals surface area (Å²) >= 11 is 3.56. The first-order chi connectivity index (χ1) is 16.2. The molecule has 0 bridgehead atoms. The minimum Gasteiger partial charge on any atom is -0.369 e. The summed E-state index contributed by atoms with van der Waals surface area (Å²) in [4.78, 5) is 12.5. The van der Waals surface area contributed by atoms with E-state index in [-0.39, 0.29) is 0 Å². The molecule has 0 saturated carbocycles. The number of benzene rings is 2. The Labute approximate surface area is 202 Å². The number of anilines is 3. The van der Waals surface area contributed by atoms with Crippen LogP contribution in [0.5, 0.6) is 0 Å². The number of rotatable bonds is 7. The van der Waals surface area contributed by atoms with E-state index in [1.807, 2.05) is 0 Å². The van der Waals surface area contributed by atoms with Crippen LogP contribution in [0.3, 0.4) is 0 Å². The number of halogens is 1. The Morgan fingerprint density at radius 3 is 2.91 bits per heavy atom. The molecule has 3 heterocycles. The van der Waals surface area contributed by atoms with Crippen molar-refractivity contribution >= 4 is 49.9 Å². The standard InChI is InChI=1S/C26H27BrN6/c1-17-4-2-3-5-18(17)10-13-29-25-23(27)16-31-26(33-25)32-20-6-7-21-22(15-30-24(21)14-20)19-8-11-28-12-9-19/h2-8,14-16,28,30H,9-13H2,1H3,(H2,29,31,32,33). The summed E-state index contributed by atoms with van der Waals surface area (Å²) in [6.07, 6.45) is 8.16. The third-order valence-corrected chi connectivity index (χ3v) is 6.62. The predicted octanol–water partition coefficient (Wildman–Crippen LogP) is 5.80. The normalized spacial score (nSPS) is 13.7. The zero-order valence-electron chi connectivity index (χ0n) is 18.6. The van der Waals surface area contributed by atoms with E-state index < -0.39 is 0 Å². The molecule has 4 N–H and O–H groups in total. The highest BCUT2D eigenvalue weighted by Gasteiger charge is 2.12. The highest BCUT2D eigenvalue weighted by molar-refractivity contribution is 9.10. The van der Waals surface area contributed by atoms with E-state index in [0.717, 1.165) is 54.0 Å². The molecule has 0 aliphatic carbocycles. The third kappa shape index (κ3) is 4.94. The summed E-state index contributed by atoms with van der Waals surface area (Å²) in [6, 6.07) is 14.8. The molecule has 0 spiro atoms. The number of nitrogens with zero attached hydrogens (tertiary/aromatic N) is 2. The van der Waals surface area contributed by atoms with Gasteiger partial charge in [0.05, 0.1) is 4.47 Å². The smallest absolute Gasteiger partial charge is 0.229 e. The lowest BCUT2D eigenvalue weighted by molar-refractivity contribution is 0.739. The number of nitrogens with one attached hydrogen (secondary N) is 4. The van der Waals surface area contributed by atoms with Gasteiger partial charge in [-0.1, -0.05) is 36.4 Å². The number of aromatic nitrogens is 3. The molecule has 4 aromatic rings. The monoisotopic (exact) mass is 502 g/mol. The Morgan fingerprint density at radius 2 is 2.06 bits per heavy atom. The van der Waals surface area contributed by atoms with Crippen molar-refractivity contribution < 1.29 is 0 Å². The summed E-state index contributed by atoms with van der Waals surface area (Å²) in [6.45, 7) is 4.90. The van der Waals surface area contributed by atoms with Crippen molar-refractivity contribution in [3.63, 3.8) is 0 Å². The highest BCUT2D eigenvalue weighted by Crippen LogP contribution is 2.30. The fourth-order valence-corrected chi connectivity index (χ4v) is 4.55. The molecule has 0 radical (unpaired) electrons. The Balaban J connectivity index is 1.29. The summed E-state index contributed by atoms with van der Waals surface area (Å²) in [5, 5.41) is 11.4. The average Bonchev–Trinajstić information content (AvgIpc) is 3.26. The molecule has 0 atom stereocenters. The van der Waals surface area contributed by atoms with Gasteiger partial charge in [0.15, 0.2) is 0 Å². The van der Waals surface area contributed by atoms with Crippen molar-refractivity contribution in [1.82, 2.24) is 20.3 Å². The van der Waals surface area contributed by atoms with Crippen LogP contribution in [-0.4, -0.2) is 34.6 Å². The van der Waals surface area contributed by atoms with Crippen molar-refractivity contribution in [3.8, 4) is 0 Å². The second-order valence-electron chi connectivity index (χ2n) is 8.26. The van der Waals surface area contributed by atoms with Crippen molar-refractivity contribution in [3.05, 3.63) is 82.1 Å². The molecule has 1 aliphatic rings. The molecule has 6 nitrogen and oxygen atoms in total. The summed E-state index contributed by atoms with van der Waals surface area (Å²) in [5.74, 6) is 1.34. The molecule has 33 heavy (non-hydrogen) atoms. The first kappa shape index (κ1) is 21.7. The van der Waals surface area contributed by atoms with Gasteiger partial charge in [-0.2, -0.15) is 4.98 Å². The van der Waals surface area contributed by atoms with Gasteiger partial charge in [0, 0.05) is 47.6 Å². The number of hydrogen-bond donors (Lipinski definition) is 4. The molecule has 168 valence electrons. The van der Waals surface area contributed by atoms with Gasteiger partial charge in [-0.05, 0) is 71.1 Å². The number of aryl methyl sites for hydroxylation is 1. The Bertz CT molecular complexity index is 1310. The van der Waals surface area contributed by atoms with Crippen LogP contribution in [0.4, 0.5) is 17.5 Å². The molecule has 5 rings (SSSR count). The van der Waals surface area contributed by atoms with Gasteiger partial charge in [-0.25, -0.2) is 4.98 Å². The van der Waals surface area contributed by atoms with Crippen LogP contribution >= 0.6 is 15.9 Å². The van der Waals surface area contributed by atoms with Gasteiger partial charge in [0.1, 0.15) is 5.82 Å². The summed E-state index contributed by atoms with van der Waals surface area (Å²) in [7, 11) is 0. The number of hydrogen-bond acceptors (Lipinski definition) is 5. The Hall–Kier alpha value is -3.16. The predicted molar refractivity (Wildman–Crippen MR) is 140 cm³/mol. The molecule has 0 unspecified atom stereocenters. The van der Waals surface area contributed by atoms with Crippen LogP contribution in [-0.2, 0) is 6.42 Å². The fraction of sp³-hybridized carbons (Fsp3) is 0.231. The maximum Gasteiger partial charge on any atom is 0.229 e. The molecule has 7 heteroatoms. The quantitative estimate of drug-likeness (QED) is 0.256. The van der Waals surface area contributed by atoms with Crippen molar-refractivity contribution in [1.29, 1.82) is 0 Å². The van der Waals surface area contributed by atoms with Crippen molar-refractivity contribution in [2.45, 2.75) is 19.8 Å². The lowest BCUT2D eigenvalue weighted by Gasteiger charge is -2.13. The largest absolute Gasteiger partial charge is 0.369 e. The van der Waals surface area contributed by atoms with Gasteiger partial charge in [0.2, 0.25) is 5.95 Å². The van der Waals surface area contributed by atoms with E-state index >= 15 is 0 Å². The Morgan fingerprint density at radius 1 is 1.15 bits per heavy atom. The molecule has 0 saturated heterocycles. The van der Waals surface area contributed by atoms with E-state index in [0.29, 0.717) is 5.95 Å². The minimum absolute atomic E-state index is 0.559. The van der Waals surface area contributed by atoms with Gasteiger partial charge in [-0.3, -0.25) is 0 Å². The summed E-state index contributed by atoms with van der Waals surface area (Å²) in [5.41, 5.74) is 7.39. The number of aromatic amines is 1. The van der Waals surface area contributed by atoms with Crippen LogP contribution < -0.4 is 16.0 Å².